The Morgan fingerprint density at radius 3 is 2.17 bits per heavy atom. The van der Waals surface area contributed by atoms with Crippen molar-refractivity contribution in [3.63, 3.8) is 0 Å². The molecule has 0 spiro atoms. The third kappa shape index (κ3) is 1.33. The van der Waals surface area contributed by atoms with Crippen LogP contribution in [0.3, 0.4) is 0 Å². The number of para-hydroxylation sites is 2. The summed E-state index contributed by atoms with van der Waals surface area (Å²) in [4.78, 5) is 1.35. The molecule has 0 bridgehead atoms. The Hall–Kier alpha value is -2.06. The van der Waals surface area contributed by atoms with Gasteiger partial charge in [-0.3, -0.25) is 0 Å². The van der Waals surface area contributed by atoms with Crippen LogP contribution >= 0.6 is 11.3 Å². The zero-order valence-corrected chi connectivity index (χ0v) is 10.5. The van der Waals surface area contributed by atoms with E-state index in [0.29, 0.717) is 0 Å². The SMILES string of the molecule is c1ccc2c(c1)Nc1ccccc1-c1sccc1-2. The lowest BCUT2D eigenvalue weighted by Crippen LogP contribution is -1.90. The van der Waals surface area contributed by atoms with E-state index in [0.717, 1.165) is 0 Å². The van der Waals surface area contributed by atoms with E-state index in [1.54, 1.807) is 11.3 Å². The molecule has 2 aromatic carbocycles. The highest BCUT2D eigenvalue weighted by Gasteiger charge is 2.18. The number of rotatable bonds is 0. The molecule has 0 saturated carbocycles. The molecule has 0 aliphatic carbocycles. The van der Waals surface area contributed by atoms with E-state index >= 15 is 0 Å². The summed E-state index contributed by atoms with van der Waals surface area (Å²) in [6.07, 6.45) is 0. The third-order valence-electron chi connectivity index (χ3n) is 3.32. The van der Waals surface area contributed by atoms with Crippen LogP contribution < -0.4 is 5.32 Å². The average molecular weight is 249 g/mol. The molecule has 2 heterocycles. The van der Waals surface area contributed by atoms with Gasteiger partial charge in [-0.15, -0.1) is 11.3 Å². The third-order valence-corrected chi connectivity index (χ3v) is 4.27. The van der Waals surface area contributed by atoms with E-state index in [4.69, 9.17) is 0 Å². The first-order valence-corrected chi connectivity index (χ1v) is 6.85. The van der Waals surface area contributed by atoms with Gasteiger partial charge in [0.05, 0.1) is 0 Å². The van der Waals surface area contributed by atoms with Crippen molar-refractivity contribution in [1.82, 2.24) is 0 Å². The Balaban J connectivity index is 2.12. The molecule has 1 aromatic heterocycles. The number of thiophene rings is 1. The van der Waals surface area contributed by atoms with Crippen LogP contribution in [0.15, 0.2) is 60.0 Å². The monoisotopic (exact) mass is 249 g/mol. The molecule has 18 heavy (non-hydrogen) atoms. The highest BCUT2D eigenvalue weighted by atomic mass is 32.1. The quantitative estimate of drug-likeness (QED) is 0.455. The summed E-state index contributed by atoms with van der Waals surface area (Å²) in [5.74, 6) is 0. The number of benzene rings is 2. The van der Waals surface area contributed by atoms with Crippen LogP contribution in [0.1, 0.15) is 0 Å². The molecule has 0 radical (unpaired) electrons. The Bertz CT molecular complexity index is 667. The van der Waals surface area contributed by atoms with Gasteiger partial charge in [0.2, 0.25) is 0 Å². The van der Waals surface area contributed by atoms with Crippen molar-refractivity contribution in [3.8, 4) is 21.6 Å². The zero-order chi connectivity index (χ0) is 11.9. The van der Waals surface area contributed by atoms with Crippen LogP contribution in [-0.4, -0.2) is 0 Å². The predicted molar refractivity (Wildman–Crippen MR) is 78.5 cm³/mol. The van der Waals surface area contributed by atoms with Crippen molar-refractivity contribution in [2.45, 2.75) is 0 Å². The van der Waals surface area contributed by atoms with Gasteiger partial charge < -0.3 is 5.32 Å². The minimum atomic E-state index is 1.18. The molecule has 1 N–H and O–H groups in total. The van der Waals surface area contributed by atoms with Crippen molar-refractivity contribution in [2.75, 3.05) is 5.32 Å². The van der Waals surface area contributed by atoms with Crippen molar-refractivity contribution >= 4 is 22.7 Å². The topological polar surface area (TPSA) is 12.0 Å². The molecule has 1 nitrogen and oxygen atoms in total. The Kier molecular flexibility index (Phi) is 2.05. The summed E-state index contributed by atoms with van der Waals surface area (Å²) in [6.45, 7) is 0. The van der Waals surface area contributed by atoms with Gasteiger partial charge in [0.25, 0.3) is 0 Å². The highest BCUT2D eigenvalue weighted by Crippen LogP contribution is 2.46. The second-order valence-electron chi connectivity index (χ2n) is 4.38. The largest absolute Gasteiger partial charge is 0.354 e. The first-order valence-electron chi connectivity index (χ1n) is 5.97. The van der Waals surface area contributed by atoms with Gasteiger partial charge in [0, 0.05) is 32.9 Å². The Morgan fingerprint density at radius 1 is 0.667 bits per heavy atom. The number of hydrogen-bond donors (Lipinski definition) is 1. The molecule has 0 saturated heterocycles. The molecule has 86 valence electrons. The summed E-state index contributed by atoms with van der Waals surface area (Å²) in [6, 6.07) is 19.2. The number of hydrogen-bond acceptors (Lipinski definition) is 2. The maximum atomic E-state index is 3.54. The van der Waals surface area contributed by atoms with Crippen LogP contribution in [0.4, 0.5) is 11.4 Å². The van der Waals surface area contributed by atoms with Crippen molar-refractivity contribution < 1.29 is 0 Å². The predicted octanol–water partition coefficient (Wildman–Crippen LogP) is 5.14. The van der Waals surface area contributed by atoms with Gasteiger partial charge in [-0.05, 0) is 23.6 Å². The molecule has 0 atom stereocenters. The second-order valence-corrected chi connectivity index (χ2v) is 5.30. The van der Waals surface area contributed by atoms with E-state index in [1.807, 2.05) is 0 Å². The lowest BCUT2D eigenvalue weighted by Gasteiger charge is -2.09. The van der Waals surface area contributed by atoms with Gasteiger partial charge in [0.15, 0.2) is 0 Å². The van der Waals surface area contributed by atoms with E-state index in [2.05, 4.69) is 65.3 Å². The number of anilines is 2. The van der Waals surface area contributed by atoms with E-state index in [9.17, 15) is 0 Å². The second kappa shape index (κ2) is 3.72. The van der Waals surface area contributed by atoms with Gasteiger partial charge in [-0.2, -0.15) is 0 Å². The van der Waals surface area contributed by atoms with Crippen molar-refractivity contribution in [3.05, 3.63) is 60.0 Å². The minimum absolute atomic E-state index is 1.18. The molecule has 1 aliphatic heterocycles. The number of fused-ring (bicyclic) bond motifs is 5. The smallest absolute Gasteiger partial charge is 0.0472 e. The van der Waals surface area contributed by atoms with Gasteiger partial charge >= 0.3 is 0 Å². The van der Waals surface area contributed by atoms with Crippen LogP contribution in [0.2, 0.25) is 0 Å². The standard InChI is InChI=1S/C16H11NS/c1-3-7-14-11(5-1)12-9-10-18-16(12)13-6-2-4-8-15(13)17-14/h1-10,17H. The summed E-state index contributed by atoms with van der Waals surface area (Å²) < 4.78 is 0. The van der Waals surface area contributed by atoms with E-state index in [1.165, 1.54) is 32.9 Å². The average Bonchev–Trinajstić information content (AvgIpc) is 2.84. The van der Waals surface area contributed by atoms with Crippen molar-refractivity contribution in [2.24, 2.45) is 0 Å². The van der Waals surface area contributed by atoms with Gasteiger partial charge in [-0.25, -0.2) is 0 Å². The lowest BCUT2D eigenvalue weighted by atomic mass is 10.0. The van der Waals surface area contributed by atoms with E-state index < -0.39 is 0 Å². The normalized spacial score (nSPS) is 11.8. The first-order chi connectivity index (χ1) is 8.93. The summed E-state index contributed by atoms with van der Waals surface area (Å²) >= 11 is 1.80. The zero-order valence-electron chi connectivity index (χ0n) is 9.68. The number of nitrogens with one attached hydrogen (secondary N) is 1. The van der Waals surface area contributed by atoms with Crippen LogP contribution in [-0.2, 0) is 0 Å². The van der Waals surface area contributed by atoms with E-state index in [-0.39, 0.29) is 0 Å². The molecule has 4 rings (SSSR count). The molecular weight excluding hydrogens is 238 g/mol. The Labute approximate surface area is 110 Å². The fourth-order valence-electron chi connectivity index (χ4n) is 2.49. The fourth-order valence-corrected chi connectivity index (χ4v) is 3.44. The summed E-state index contributed by atoms with van der Waals surface area (Å²) in [5.41, 5.74) is 6.27. The maximum absolute atomic E-state index is 3.54. The highest BCUT2D eigenvalue weighted by molar-refractivity contribution is 7.14. The molecule has 2 heteroatoms. The molecule has 0 unspecified atom stereocenters. The fraction of sp³-hybridized carbons (Fsp3) is 0. The molecule has 1 aliphatic rings. The summed E-state index contributed by atoms with van der Waals surface area (Å²) in [5, 5.41) is 5.71. The lowest BCUT2D eigenvalue weighted by molar-refractivity contribution is 1.57. The minimum Gasteiger partial charge on any atom is -0.354 e. The van der Waals surface area contributed by atoms with Crippen LogP contribution in [0, 0.1) is 0 Å². The maximum Gasteiger partial charge on any atom is 0.0472 e. The Morgan fingerprint density at radius 2 is 1.33 bits per heavy atom. The van der Waals surface area contributed by atoms with Crippen LogP contribution in [0.5, 0.6) is 0 Å². The van der Waals surface area contributed by atoms with Crippen molar-refractivity contribution in [1.29, 1.82) is 0 Å². The van der Waals surface area contributed by atoms with Gasteiger partial charge in [0.1, 0.15) is 0 Å². The molecule has 0 amide bonds. The molecular formula is C16H11NS. The van der Waals surface area contributed by atoms with Gasteiger partial charge in [-0.1, -0.05) is 36.4 Å². The summed E-state index contributed by atoms with van der Waals surface area (Å²) in [7, 11) is 0. The molecule has 3 aromatic rings. The first kappa shape index (κ1) is 9.92. The van der Waals surface area contributed by atoms with Crippen LogP contribution in [0.25, 0.3) is 21.6 Å². The molecule has 0 fully saturated rings.